The van der Waals surface area contributed by atoms with Gasteiger partial charge in [-0.1, -0.05) is 35.9 Å². The van der Waals surface area contributed by atoms with Crippen LogP contribution in [0.15, 0.2) is 102 Å². The number of hydrogen-bond donors (Lipinski definition) is 3. The van der Waals surface area contributed by atoms with E-state index in [1.54, 1.807) is 67.6 Å². The predicted molar refractivity (Wildman–Crippen MR) is 177 cm³/mol. The van der Waals surface area contributed by atoms with Crippen LogP contribution >= 0.6 is 23.4 Å². The van der Waals surface area contributed by atoms with Gasteiger partial charge in [0.05, 0.1) is 23.0 Å². The number of amides is 3. The zero-order valence-electron chi connectivity index (χ0n) is 24.5. The number of nitro benzene ring substituents is 1. The Hall–Kier alpha value is -5.13. The summed E-state index contributed by atoms with van der Waals surface area (Å²) >= 11 is 7.46. The summed E-state index contributed by atoms with van der Waals surface area (Å²) in [5, 5.41) is 19.4. The molecule has 0 heterocycles. The fourth-order valence-electron chi connectivity index (χ4n) is 4.07. The van der Waals surface area contributed by atoms with Crippen molar-refractivity contribution in [2.24, 2.45) is 0 Å². The van der Waals surface area contributed by atoms with Crippen LogP contribution in [0.4, 0.5) is 17.1 Å². The number of benzene rings is 4. The highest BCUT2D eigenvalue weighted by molar-refractivity contribution is 8.00. The fourth-order valence-corrected chi connectivity index (χ4v) is 5.15. The Labute approximate surface area is 269 Å². The van der Waals surface area contributed by atoms with Gasteiger partial charge in [-0.3, -0.25) is 24.5 Å². The SMILES string of the molecule is COc1cc(Cl)c(C)cc1NC(=O)C(C)Sc1cccc(NC(=O)/C(=C\c2ccc([N+](=O)[O-])cc2)NC(=O)c2ccccc2)c1. The molecule has 3 amide bonds. The van der Waals surface area contributed by atoms with Crippen molar-refractivity contribution in [3.8, 4) is 5.75 Å². The summed E-state index contributed by atoms with van der Waals surface area (Å²) in [5.74, 6) is -0.935. The highest BCUT2D eigenvalue weighted by atomic mass is 35.5. The van der Waals surface area contributed by atoms with Crippen molar-refractivity contribution in [2.45, 2.75) is 24.0 Å². The van der Waals surface area contributed by atoms with Crippen molar-refractivity contribution in [1.29, 1.82) is 0 Å². The number of anilines is 2. The number of nitro groups is 1. The van der Waals surface area contributed by atoms with Gasteiger partial charge in [0, 0.05) is 39.4 Å². The zero-order valence-corrected chi connectivity index (χ0v) is 26.1. The molecule has 0 aliphatic rings. The number of methoxy groups -OCH3 is 1. The van der Waals surface area contributed by atoms with Gasteiger partial charge in [-0.05, 0) is 79.6 Å². The highest BCUT2D eigenvalue weighted by Crippen LogP contribution is 2.32. The lowest BCUT2D eigenvalue weighted by Gasteiger charge is -2.16. The minimum absolute atomic E-state index is 0.0734. The third kappa shape index (κ3) is 8.94. The Morgan fingerprint density at radius 1 is 0.956 bits per heavy atom. The Morgan fingerprint density at radius 2 is 1.67 bits per heavy atom. The van der Waals surface area contributed by atoms with Crippen LogP contribution < -0.4 is 20.7 Å². The number of carbonyl (C=O) groups excluding carboxylic acids is 3. The van der Waals surface area contributed by atoms with Crippen LogP contribution in [0, 0.1) is 17.0 Å². The van der Waals surface area contributed by atoms with Crippen molar-refractivity contribution in [2.75, 3.05) is 17.7 Å². The van der Waals surface area contributed by atoms with Gasteiger partial charge in [-0.25, -0.2) is 0 Å². The molecule has 0 aliphatic carbocycles. The number of rotatable bonds is 11. The smallest absolute Gasteiger partial charge is 0.272 e. The third-order valence-corrected chi connectivity index (χ3v) is 7.96. The summed E-state index contributed by atoms with van der Waals surface area (Å²) < 4.78 is 5.35. The number of non-ortho nitro benzene ring substituents is 1. The molecule has 10 nitrogen and oxygen atoms in total. The second-order valence-corrected chi connectivity index (χ2v) is 11.6. The summed E-state index contributed by atoms with van der Waals surface area (Å²) in [6.07, 6.45) is 1.43. The Bertz CT molecular complexity index is 1760. The van der Waals surface area contributed by atoms with Crippen LogP contribution in [-0.4, -0.2) is 35.0 Å². The number of nitrogens with zero attached hydrogens (tertiary/aromatic N) is 1. The van der Waals surface area contributed by atoms with Gasteiger partial charge in [-0.2, -0.15) is 0 Å². The molecule has 0 saturated heterocycles. The lowest BCUT2D eigenvalue weighted by atomic mass is 10.1. The average Bonchev–Trinajstić information content (AvgIpc) is 3.03. The van der Waals surface area contributed by atoms with Gasteiger partial charge in [0.2, 0.25) is 5.91 Å². The van der Waals surface area contributed by atoms with Crippen molar-refractivity contribution < 1.29 is 24.0 Å². The molecule has 4 aromatic carbocycles. The Morgan fingerprint density at radius 3 is 2.33 bits per heavy atom. The van der Waals surface area contributed by atoms with Crippen molar-refractivity contribution in [1.82, 2.24) is 5.32 Å². The van der Waals surface area contributed by atoms with E-state index in [1.807, 2.05) is 13.0 Å². The summed E-state index contributed by atoms with van der Waals surface area (Å²) in [4.78, 5) is 50.6. The molecule has 0 spiro atoms. The number of nitrogens with one attached hydrogen (secondary N) is 3. The second kappa shape index (κ2) is 15.0. The summed E-state index contributed by atoms with van der Waals surface area (Å²) in [6.45, 7) is 3.58. The van der Waals surface area contributed by atoms with Crippen molar-refractivity contribution in [3.63, 3.8) is 0 Å². The maximum absolute atomic E-state index is 13.4. The molecule has 4 rings (SSSR count). The van der Waals surface area contributed by atoms with E-state index in [4.69, 9.17) is 16.3 Å². The third-order valence-electron chi connectivity index (χ3n) is 6.46. The number of carbonyl (C=O) groups is 3. The maximum atomic E-state index is 13.4. The molecular weight excluding hydrogens is 616 g/mol. The first-order valence-corrected chi connectivity index (χ1v) is 14.9. The molecule has 0 aliphatic heterocycles. The fraction of sp³-hybridized carbons (Fsp3) is 0.121. The molecule has 1 unspecified atom stereocenters. The van der Waals surface area contributed by atoms with Crippen molar-refractivity contribution >= 4 is 64.2 Å². The summed E-state index contributed by atoms with van der Waals surface area (Å²) in [7, 11) is 1.49. The molecule has 0 fully saturated rings. The lowest BCUT2D eigenvalue weighted by Crippen LogP contribution is -2.30. The predicted octanol–water partition coefficient (Wildman–Crippen LogP) is 7.09. The van der Waals surface area contributed by atoms with Crippen LogP contribution in [0.2, 0.25) is 5.02 Å². The topological polar surface area (TPSA) is 140 Å². The van der Waals surface area contributed by atoms with E-state index in [9.17, 15) is 24.5 Å². The normalized spacial score (nSPS) is 11.7. The molecule has 45 heavy (non-hydrogen) atoms. The van der Waals surface area contributed by atoms with E-state index in [-0.39, 0.29) is 17.3 Å². The Kier molecular flexibility index (Phi) is 11.0. The molecule has 4 aromatic rings. The summed E-state index contributed by atoms with van der Waals surface area (Å²) in [6, 6.07) is 24.3. The minimum Gasteiger partial charge on any atom is -0.495 e. The molecular formula is C33H29ClN4O6S. The first-order chi connectivity index (χ1) is 21.5. The monoisotopic (exact) mass is 644 g/mol. The second-order valence-electron chi connectivity index (χ2n) is 9.76. The van der Waals surface area contributed by atoms with E-state index in [0.29, 0.717) is 38.2 Å². The van der Waals surface area contributed by atoms with Gasteiger partial charge in [0.25, 0.3) is 17.5 Å². The van der Waals surface area contributed by atoms with Crippen LogP contribution in [-0.2, 0) is 9.59 Å². The lowest BCUT2D eigenvalue weighted by molar-refractivity contribution is -0.384. The quantitative estimate of drug-likeness (QED) is 0.0685. The maximum Gasteiger partial charge on any atom is 0.272 e. The van der Waals surface area contributed by atoms with Gasteiger partial charge < -0.3 is 20.7 Å². The minimum atomic E-state index is -0.615. The van der Waals surface area contributed by atoms with E-state index in [0.717, 1.165) is 5.56 Å². The molecule has 0 saturated carbocycles. The largest absolute Gasteiger partial charge is 0.495 e. The van der Waals surface area contributed by atoms with Crippen LogP contribution in [0.25, 0.3) is 6.08 Å². The first-order valence-electron chi connectivity index (χ1n) is 13.6. The molecule has 0 aromatic heterocycles. The highest BCUT2D eigenvalue weighted by Gasteiger charge is 2.19. The number of halogens is 1. The van der Waals surface area contributed by atoms with E-state index in [2.05, 4.69) is 16.0 Å². The number of ether oxygens (including phenoxy) is 1. The standard InChI is InChI=1S/C33H29ClN4O6S/c1-20-16-28(30(44-3)19-27(20)34)36-31(39)21(2)45-26-11-7-10-24(18-26)35-33(41)29(37-32(40)23-8-5-4-6-9-23)17-22-12-14-25(15-13-22)38(42)43/h4-19,21H,1-3H3,(H,35,41)(H,36,39)(H,37,40)/b29-17+. The average molecular weight is 645 g/mol. The van der Waals surface area contributed by atoms with Gasteiger partial charge >= 0.3 is 0 Å². The van der Waals surface area contributed by atoms with E-state index >= 15 is 0 Å². The van der Waals surface area contributed by atoms with Crippen LogP contribution in [0.5, 0.6) is 5.75 Å². The Balaban J connectivity index is 1.50. The molecule has 0 radical (unpaired) electrons. The van der Waals surface area contributed by atoms with Crippen LogP contribution in [0.3, 0.4) is 0 Å². The number of aryl methyl sites for hydroxylation is 1. The van der Waals surface area contributed by atoms with Crippen LogP contribution in [0.1, 0.15) is 28.4 Å². The zero-order chi connectivity index (χ0) is 32.5. The molecule has 230 valence electrons. The van der Waals surface area contributed by atoms with E-state index < -0.39 is 22.0 Å². The van der Waals surface area contributed by atoms with Gasteiger partial charge in [-0.15, -0.1) is 11.8 Å². The van der Waals surface area contributed by atoms with Gasteiger partial charge in [0.1, 0.15) is 11.4 Å². The molecule has 12 heteroatoms. The molecule has 1 atom stereocenters. The van der Waals surface area contributed by atoms with E-state index in [1.165, 1.54) is 49.2 Å². The van der Waals surface area contributed by atoms with Gasteiger partial charge in [0.15, 0.2) is 0 Å². The first kappa shape index (κ1) is 32.8. The molecule has 0 bridgehead atoms. The number of hydrogen-bond acceptors (Lipinski definition) is 7. The molecule has 3 N–H and O–H groups in total. The number of thioether (sulfide) groups is 1. The summed E-state index contributed by atoms with van der Waals surface area (Å²) in [5.41, 5.74) is 2.35. The van der Waals surface area contributed by atoms with Crippen molar-refractivity contribution in [3.05, 3.63) is 129 Å².